The minimum atomic E-state index is -1.12. The first-order valence-electron chi connectivity index (χ1n) is 5.13. The molecule has 0 spiro atoms. The van der Waals surface area contributed by atoms with Gasteiger partial charge in [0, 0.05) is 5.25 Å². The predicted molar refractivity (Wildman–Crippen MR) is 71.3 cm³/mol. The third-order valence-electron chi connectivity index (χ3n) is 1.54. The number of aliphatic carboxylic acids is 1. The monoisotopic (exact) mass is 346 g/mol. The summed E-state index contributed by atoms with van der Waals surface area (Å²) in [5.74, 6) is -1.12. The van der Waals surface area contributed by atoms with E-state index in [1.165, 1.54) is 0 Å². The molecule has 0 N–H and O–H groups in total. The third kappa shape index (κ3) is 9.09. The Hall–Kier alpha value is -0.161. The Morgan fingerprint density at radius 1 is 1.31 bits per heavy atom. The molecule has 88 valence electrons. The Kier molecular flexibility index (Phi) is 8.84. The number of carbonyl (C=O) groups is 1. The van der Waals surface area contributed by atoms with Crippen molar-refractivity contribution in [3.05, 3.63) is 35.9 Å². The van der Waals surface area contributed by atoms with Crippen LogP contribution in [0.5, 0.6) is 0 Å². The normalized spacial score (nSPS) is 11.0. The molecule has 1 aromatic rings. The summed E-state index contributed by atoms with van der Waals surface area (Å²) in [6, 6.07) is 9.35. The molecule has 0 saturated heterocycles. The van der Waals surface area contributed by atoms with Gasteiger partial charge in [-0.05, 0) is 12.0 Å². The van der Waals surface area contributed by atoms with Crippen LogP contribution in [-0.2, 0) is 11.2 Å². The summed E-state index contributed by atoms with van der Waals surface area (Å²) in [7, 11) is 0. The van der Waals surface area contributed by atoms with Gasteiger partial charge in [0.1, 0.15) is 0 Å². The van der Waals surface area contributed by atoms with Crippen LogP contribution < -0.4 is 5.11 Å². The van der Waals surface area contributed by atoms with Crippen molar-refractivity contribution in [3.63, 3.8) is 0 Å². The van der Waals surface area contributed by atoms with Gasteiger partial charge in [-0.1, -0.05) is 30.3 Å². The van der Waals surface area contributed by atoms with E-state index in [4.69, 9.17) is 0 Å². The van der Waals surface area contributed by atoms with Crippen molar-refractivity contribution in [2.75, 3.05) is 0 Å². The van der Waals surface area contributed by atoms with E-state index in [-0.39, 0.29) is 0 Å². The van der Waals surface area contributed by atoms with E-state index >= 15 is 0 Å². The summed E-state index contributed by atoms with van der Waals surface area (Å²) in [6.07, 6.45) is 0.409. The Balaban J connectivity index is 0.000000487. The van der Waals surface area contributed by atoms with Gasteiger partial charge in [0.25, 0.3) is 0 Å². The maximum atomic E-state index is 10.3. The van der Waals surface area contributed by atoms with Crippen LogP contribution in [0.3, 0.4) is 0 Å². The second-order valence-corrected chi connectivity index (χ2v) is 13.2. The number of carbonyl (C=O) groups excluding carboxylic acids is 1. The van der Waals surface area contributed by atoms with Crippen molar-refractivity contribution in [2.24, 2.45) is 0 Å². The molecule has 0 amide bonds. The zero-order chi connectivity index (χ0) is 12.6. The Labute approximate surface area is 110 Å². The summed E-state index contributed by atoms with van der Waals surface area (Å²) < 4.78 is 0. The number of hydrogen-bond donors (Lipinski definition) is 1. The first-order valence-corrected chi connectivity index (χ1v) is 14.2. The van der Waals surface area contributed by atoms with Crippen LogP contribution in [-0.4, -0.2) is 31.0 Å². The molecule has 0 aliphatic heterocycles. The molecule has 0 aliphatic carbocycles. The number of hydrogen-bond acceptors (Lipinski definition) is 3. The van der Waals surface area contributed by atoms with Gasteiger partial charge in [-0.3, -0.25) is 0 Å². The average molecular weight is 345 g/mol. The van der Waals surface area contributed by atoms with Crippen molar-refractivity contribution in [1.82, 2.24) is 0 Å². The van der Waals surface area contributed by atoms with Gasteiger partial charge >= 0.3 is 34.6 Å². The zero-order valence-electron chi connectivity index (χ0n) is 9.93. The molecule has 4 heteroatoms. The van der Waals surface area contributed by atoms with Crippen molar-refractivity contribution < 1.29 is 9.90 Å². The number of benzene rings is 1. The number of rotatable bonds is 3. The maximum absolute atomic E-state index is 10.3. The Bertz CT molecular complexity index is 298. The van der Waals surface area contributed by atoms with E-state index in [0.29, 0.717) is 6.42 Å². The van der Waals surface area contributed by atoms with Gasteiger partial charge in [0.15, 0.2) is 0 Å². The molecule has 0 aliphatic rings. The molecule has 1 atom stereocenters. The van der Waals surface area contributed by atoms with Gasteiger partial charge in [-0.15, -0.1) is 0 Å². The van der Waals surface area contributed by atoms with E-state index < -0.39 is 31.0 Å². The van der Waals surface area contributed by atoms with Crippen LogP contribution in [0.2, 0.25) is 14.8 Å². The standard InChI is InChI=1S/C9H10O2S.3CH3.Sn/c10-9(11)8(12)6-7-4-2-1-3-5-7;;;;/h1-5,8,12H,6H2,(H,10,11);3*1H3;/q;;;;+1/p-1. The van der Waals surface area contributed by atoms with Crippen molar-refractivity contribution in [3.8, 4) is 0 Å². The first-order chi connectivity index (χ1) is 7.43. The predicted octanol–water partition coefficient (Wildman–Crippen LogP) is 1.65. The summed E-state index contributed by atoms with van der Waals surface area (Å²) >= 11 is 3.33. The van der Waals surface area contributed by atoms with Gasteiger partial charge in [0.05, 0.1) is 5.97 Å². The van der Waals surface area contributed by atoms with Gasteiger partial charge in [-0.2, -0.15) is 12.6 Å². The molecule has 0 bridgehead atoms. The fourth-order valence-corrected chi connectivity index (χ4v) is 1.13. The average Bonchev–Trinajstić information content (AvgIpc) is 2.18. The van der Waals surface area contributed by atoms with Crippen LogP contribution in [0, 0.1) is 0 Å². The van der Waals surface area contributed by atoms with Gasteiger partial charge in [0.2, 0.25) is 0 Å². The second-order valence-electron chi connectivity index (χ2n) is 4.02. The fraction of sp³-hybridized carbons (Fsp3) is 0.417. The summed E-state index contributed by atoms with van der Waals surface area (Å²) in [6.45, 7) is 0. The van der Waals surface area contributed by atoms with E-state index in [2.05, 4.69) is 27.4 Å². The topological polar surface area (TPSA) is 40.1 Å². The first kappa shape index (κ1) is 15.8. The van der Waals surface area contributed by atoms with Crippen LogP contribution >= 0.6 is 12.6 Å². The summed E-state index contributed by atoms with van der Waals surface area (Å²) in [5.41, 5.74) is 0.960. The van der Waals surface area contributed by atoms with Crippen LogP contribution in [0.1, 0.15) is 5.56 Å². The minimum absolute atomic E-state index is 0.409. The molecule has 0 radical (unpaired) electrons. The van der Waals surface area contributed by atoms with E-state index in [1.807, 2.05) is 30.3 Å². The summed E-state index contributed by atoms with van der Waals surface area (Å²) in [5, 5.41) is 9.60. The number of carboxylic acid groups (broad SMARTS) is 1. The molecule has 0 heterocycles. The number of thiol groups is 1. The molecule has 0 saturated carbocycles. The molecule has 0 fully saturated rings. The van der Waals surface area contributed by atoms with Crippen molar-refractivity contribution in [2.45, 2.75) is 26.5 Å². The van der Waals surface area contributed by atoms with E-state index in [9.17, 15) is 9.90 Å². The van der Waals surface area contributed by atoms with E-state index in [0.717, 1.165) is 5.56 Å². The van der Waals surface area contributed by atoms with Gasteiger partial charge < -0.3 is 9.90 Å². The van der Waals surface area contributed by atoms with Crippen molar-refractivity contribution in [1.29, 1.82) is 0 Å². The Morgan fingerprint density at radius 3 is 2.12 bits per heavy atom. The molecule has 2 nitrogen and oxygen atoms in total. The molecular weight excluding hydrogens is 327 g/mol. The third-order valence-corrected chi connectivity index (χ3v) is 1.94. The quantitative estimate of drug-likeness (QED) is 0.669. The van der Waals surface area contributed by atoms with E-state index in [1.54, 1.807) is 0 Å². The van der Waals surface area contributed by atoms with Crippen LogP contribution in [0.15, 0.2) is 30.3 Å². The zero-order valence-corrected chi connectivity index (χ0v) is 13.7. The van der Waals surface area contributed by atoms with Gasteiger partial charge in [-0.25, -0.2) is 0 Å². The Morgan fingerprint density at radius 2 is 1.75 bits per heavy atom. The summed E-state index contributed by atoms with van der Waals surface area (Å²) in [4.78, 5) is 17.4. The molecule has 1 unspecified atom stereocenters. The number of carboxylic acids is 1. The van der Waals surface area contributed by atoms with Crippen LogP contribution in [0.25, 0.3) is 0 Å². The molecule has 1 aromatic carbocycles. The van der Waals surface area contributed by atoms with Crippen LogP contribution in [0.4, 0.5) is 0 Å². The molecule has 1 rings (SSSR count). The molecular formula is C12H18O2SSn. The second kappa shape index (κ2) is 8.93. The molecule has 0 aromatic heterocycles. The molecule has 16 heavy (non-hydrogen) atoms. The van der Waals surface area contributed by atoms with Crippen molar-refractivity contribution >= 4 is 38.4 Å². The fourth-order valence-electron chi connectivity index (χ4n) is 0.921. The SMILES string of the molecule is O=C([O-])C(S)Cc1ccccc1.[CH3][Sn+]([CH3])[CH3].